The molecule has 1 amide bonds. The molecule has 0 aromatic heterocycles. The van der Waals surface area contributed by atoms with Crippen LogP contribution in [0.25, 0.3) is 0 Å². The third-order valence-corrected chi connectivity index (χ3v) is 2.86. The van der Waals surface area contributed by atoms with E-state index in [9.17, 15) is 4.79 Å². The van der Waals surface area contributed by atoms with Gasteiger partial charge >= 0.3 is 0 Å². The van der Waals surface area contributed by atoms with E-state index < -0.39 is 0 Å². The number of ether oxygens (including phenoxy) is 1. The molecule has 3 N–H and O–H groups in total. The highest BCUT2D eigenvalue weighted by Crippen LogP contribution is 2.15. The van der Waals surface area contributed by atoms with Crippen LogP contribution in [-0.4, -0.2) is 24.6 Å². The molecule has 0 radical (unpaired) electrons. The molecule has 0 spiro atoms. The first-order valence-corrected chi connectivity index (χ1v) is 6.64. The van der Waals surface area contributed by atoms with Crippen LogP contribution in [0.4, 0.5) is 0 Å². The van der Waals surface area contributed by atoms with Gasteiger partial charge in [-0.3, -0.25) is 4.79 Å². The molecule has 20 heavy (non-hydrogen) atoms. The third kappa shape index (κ3) is 6.78. The Kier molecular flexibility index (Phi) is 8.26. The fourth-order valence-electron chi connectivity index (χ4n) is 2.12. The van der Waals surface area contributed by atoms with Gasteiger partial charge in [-0.1, -0.05) is 32.0 Å². The minimum atomic E-state index is -0.370. The first-order chi connectivity index (χ1) is 8.95. The van der Waals surface area contributed by atoms with Gasteiger partial charge in [0.05, 0.1) is 0 Å². The molecule has 0 fully saturated rings. The normalized spacial score (nSPS) is 13.2. The van der Waals surface area contributed by atoms with Crippen molar-refractivity contribution in [1.29, 1.82) is 0 Å². The van der Waals surface area contributed by atoms with Crippen LogP contribution in [0.5, 0.6) is 5.75 Å². The van der Waals surface area contributed by atoms with Crippen LogP contribution in [0.2, 0.25) is 0 Å². The van der Waals surface area contributed by atoms with Crippen molar-refractivity contribution >= 4 is 18.3 Å². The topological polar surface area (TPSA) is 64.3 Å². The van der Waals surface area contributed by atoms with E-state index in [1.54, 1.807) is 0 Å². The lowest BCUT2D eigenvalue weighted by Crippen LogP contribution is -2.53. The Morgan fingerprint density at radius 1 is 1.35 bits per heavy atom. The zero-order valence-electron chi connectivity index (χ0n) is 12.4. The first kappa shape index (κ1) is 18.7. The van der Waals surface area contributed by atoms with Crippen molar-refractivity contribution in [3.63, 3.8) is 0 Å². The van der Waals surface area contributed by atoms with Crippen molar-refractivity contribution < 1.29 is 9.53 Å². The second-order valence-corrected chi connectivity index (χ2v) is 5.51. The van der Waals surface area contributed by atoms with Crippen LogP contribution in [0, 0.1) is 5.92 Å². The molecule has 0 aliphatic rings. The largest absolute Gasteiger partial charge is 0.484 e. The number of carbonyl (C=O) groups excluding carboxylic acids is 1. The molecule has 0 saturated heterocycles. The van der Waals surface area contributed by atoms with E-state index in [2.05, 4.69) is 19.2 Å². The van der Waals surface area contributed by atoms with Gasteiger partial charge in [-0.15, -0.1) is 12.4 Å². The standard InChI is InChI=1S/C15H24N2O2.ClH/c1-12(2)9-15(3,11-16)17-14(18)10-19-13-7-5-4-6-8-13;/h4-8,12H,9-11,16H2,1-3H3,(H,17,18);1H. The molecule has 1 unspecified atom stereocenters. The Bertz CT molecular complexity index is 398. The number of nitrogens with two attached hydrogens (primary N) is 1. The van der Waals surface area contributed by atoms with Gasteiger partial charge in [-0.2, -0.15) is 0 Å². The fraction of sp³-hybridized carbons (Fsp3) is 0.533. The Morgan fingerprint density at radius 2 is 1.95 bits per heavy atom. The van der Waals surface area contributed by atoms with Gasteiger partial charge in [0.25, 0.3) is 5.91 Å². The van der Waals surface area contributed by atoms with Crippen molar-refractivity contribution in [3.8, 4) is 5.75 Å². The highest BCUT2D eigenvalue weighted by atomic mass is 35.5. The zero-order chi connectivity index (χ0) is 14.3. The SMILES string of the molecule is CC(C)CC(C)(CN)NC(=O)COc1ccccc1.Cl. The van der Waals surface area contributed by atoms with Gasteiger partial charge < -0.3 is 15.8 Å². The van der Waals surface area contributed by atoms with Gasteiger partial charge in [0.1, 0.15) is 5.75 Å². The molecule has 0 heterocycles. The van der Waals surface area contributed by atoms with Crippen LogP contribution in [0.1, 0.15) is 27.2 Å². The lowest BCUT2D eigenvalue weighted by atomic mass is 9.91. The number of hydrogen-bond acceptors (Lipinski definition) is 3. The highest BCUT2D eigenvalue weighted by Gasteiger charge is 2.25. The molecule has 0 aliphatic carbocycles. The molecule has 1 aromatic carbocycles. The maximum absolute atomic E-state index is 11.9. The van der Waals surface area contributed by atoms with Crippen molar-refractivity contribution in [3.05, 3.63) is 30.3 Å². The minimum absolute atomic E-state index is 0. The maximum atomic E-state index is 11.9. The summed E-state index contributed by atoms with van der Waals surface area (Å²) >= 11 is 0. The Morgan fingerprint density at radius 3 is 2.45 bits per heavy atom. The number of nitrogens with one attached hydrogen (secondary N) is 1. The molecule has 1 aromatic rings. The summed E-state index contributed by atoms with van der Waals surface area (Å²) in [4.78, 5) is 11.9. The number of para-hydroxylation sites is 1. The summed E-state index contributed by atoms with van der Waals surface area (Å²) in [5, 5.41) is 2.96. The van der Waals surface area contributed by atoms with Gasteiger partial charge in [-0.05, 0) is 31.4 Å². The molecule has 0 aliphatic heterocycles. The summed E-state index contributed by atoms with van der Waals surface area (Å²) in [6.45, 7) is 6.62. The van der Waals surface area contributed by atoms with Crippen molar-refractivity contribution in [1.82, 2.24) is 5.32 Å². The van der Waals surface area contributed by atoms with E-state index in [-0.39, 0.29) is 30.5 Å². The minimum Gasteiger partial charge on any atom is -0.484 e. The number of hydrogen-bond donors (Lipinski definition) is 2. The molecule has 1 atom stereocenters. The Labute approximate surface area is 127 Å². The number of amides is 1. The number of rotatable bonds is 7. The van der Waals surface area contributed by atoms with E-state index in [0.29, 0.717) is 18.2 Å². The second kappa shape index (κ2) is 8.82. The van der Waals surface area contributed by atoms with Crippen LogP contribution < -0.4 is 15.8 Å². The quantitative estimate of drug-likeness (QED) is 0.812. The average molecular weight is 301 g/mol. The van der Waals surface area contributed by atoms with Crippen molar-refractivity contribution in [2.75, 3.05) is 13.2 Å². The summed E-state index contributed by atoms with van der Waals surface area (Å²) in [5.41, 5.74) is 5.39. The monoisotopic (exact) mass is 300 g/mol. The molecular formula is C15H25ClN2O2. The summed E-state index contributed by atoms with van der Waals surface area (Å²) in [6, 6.07) is 9.29. The number of carbonyl (C=O) groups is 1. The van der Waals surface area contributed by atoms with E-state index in [4.69, 9.17) is 10.5 Å². The fourth-order valence-corrected chi connectivity index (χ4v) is 2.12. The Hall–Kier alpha value is -1.26. The highest BCUT2D eigenvalue weighted by molar-refractivity contribution is 5.85. The number of halogens is 1. The lowest BCUT2D eigenvalue weighted by Gasteiger charge is -2.31. The van der Waals surface area contributed by atoms with Crippen LogP contribution >= 0.6 is 12.4 Å². The van der Waals surface area contributed by atoms with Gasteiger partial charge in [-0.25, -0.2) is 0 Å². The van der Waals surface area contributed by atoms with E-state index in [1.165, 1.54) is 0 Å². The van der Waals surface area contributed by atoms with Gasteiger partial charge in [0.2, 0.25) is 0 Å². The number of benzene rings is 1. The van der Waals surface area contributed by atoms with Gasteiger partial charge in [0, 0.05) is 12.1 Å². The first-order valence-electron chi connectivity index (χ1n) is 6.64. The van der Waals surface area contributed by atoms with Crippen molar-refractivity contribution in [2.24, 2.45) is 11.7 Å². The zero-order valence-corrected chi connectivity index (χ0v) is 13.2. The molecular weight excluding hydrogens is 276 g/mol. The maximum Gasteiger partial charge on any atom is 0.258 e. The third-order valence-electron chi connectivity index (χ3n) is 2.86. The molecule has 0 saturated carbocycles. The lowest BCUT2D eigenvalue weighted by molar-refractivity contribution is -0.125. The summed E-state index contributed by atoms with van der Waals surface area (Å²) < 4.78 is 5.41. The predicted octanol–water partition coefficient (Wildman–Crippen LogP) is 2.37. The summed E-state index contributed by atoms with van der Waals surface area (Å²) in [5.74, 6) is 1.03. The van der Waals surface area contributed by atoms with Crippen LogP contribution in [0.15, 0.2) is 30.3 Å². The molecule has 1 rings (SSSR count). The van der Waals surface area contributed by atoms with Gasteiger partial charge in [0.15, 0.2) is 6.61 Å². The molecule has 0 bridgehead atoms. The molecule has 4 nitrogen and oxygen atoms in total. The smallest absolute Gasteiger partial charge is 0.258 e. The Balaban J connectivity index is 0.00000361. The van der Waals surface area contributed by atoms with Crippen LogP contribution in [-0.2, 0) is 4.79 Å². The molecule has 5 heteroatoms. The van der Waals surface area contributed by atoms with E-state index >= 15 is 0 Å². The van der Waals surface area contributed by atoms with Crippen molar-refractivity contribution in [2.45, 2.75) is 32.7 Å². The molecule has 114 valence electrons. The average Bonchev–Trinajstić information content (AvgIpc) is 2.36. The van der Waals surface area contributed by atoms with Crippen LogP contribution in [0.3, 0.4) is 0 Å². The summed E-state index contributed by atoms with van der Waals surface area (Å²) in [7, 11) is 0. The second-order valence-electron chi connectivity index (χ2n) is 5.51. The van der Waals surface area contributed by atoms with E-state index in [1.807, 2.05) is 37.3 Å². The summed E-state index contributed by atoms with van der Waals surface area (Å²) in [6.07, 6.45) is 0.848. The predicted molar refractivity (Wildman–Crippen MR) is 84.2 cm³/mol. The van der Waals surface area contributed by atoms with E-state index in [0.717, 1.165) is 6.42 Å².